The minimum absolute atomic E-state index is 0.366. The molecule has 0 fully saturated rings. The molecule has 2 aromatic carbocycles. The summed E-state index contributed by atoms with van der Waals surface area (Å²) in [5, 5.41) is 0.671. The number of ether oxygens (including phenoxy) is 2. The van der Waals surface area contributed by atoms with Crippen molar-refractivity contribution in [2.24, 2.45) is 0 Å². The monoisotopic (exact) mass is 465 g/mol. The molecule has 0 amide bonds. The van der Waals surface area contributed by atoms with Crippen LogP contribution in [-0.2, 0) is 11.2 Å². The molecule has 0 bridgehead atoms. The number of aromatic nitrogens is 3. The number of esters is 1. The van der Waals surface area contributed by atoms with Crippen LogP contribution in [0.25, 0.3) is 22.8 Å². The lowest BCUT2D eigenvalue weighted by Gasteiger charge is -2.07. The van der Waals surface area contributed by atoms with Crippen molar-refractivity contribution in [1.29, 1.82) is 0 Å². The number of benzene rings is 2. The number of imidazole rings is 1. The summed E-state index contributed by atoms with van der Waals surface area (Å²) < 4.78 is 16.6. The Morgan fingerprint density at radius 1 is 1.09 bits per heavy atom. The van der Waals surface area contributed by atoms with Gasteiger partial charge in [-0.25, -0.2) is 14.8 Å². The zero-order valence-corrected chi connectivity index (χ0v) is 19.2. The molecular weight excluding hydrogens is 442 g/mol. The van der Waals surface area contributed by atoms with Crippen LogP contribution in [-0.4, -0.2) is 34.6 Å². The Hall–Kier alpha value is -3.58. The topological polar surface area (TPSA) is 90.2 Å². The second kappa shape index (κ2) is 10.4. The molecule has 7 nitrogen and oxygen atoms in total. The normalized spacial score (nSPS) is 10.9. The van der Waals surface area contributed by atoms with Crippen molar-refractivity contribution in [3.05, 3.63) is 76.9 Å². The quantitative estimate of drug-likeness (QED) is 0.245. The summed E-state index contributed by atoms with van der Waals surface area (Å²) in [4.78, 5) is 23.6. The number of aryl methyl sites for hydroxylation is 2. The second-order valence-corrected chi connectivity index (χ2v) is 7.94. The maximum atomic E-state index is 11.5. The van der Waals surface area contributed by atoms with Gasteiger partial charge in [-0.3, -0.25) is 0 Å². The molecule has 0 unspecified atom stereocenters. The molecule has 1 N–H and O–H groups in total. The van der Waals surface area contributed by atoms with E-state index in [4.69, 9.17) is 30.5 Å². The molecule has 4 aromatic rings. The summed E-state index contributed by atoms with van der Waals surface area (Å²) in [6.45, 7) is 2.44. The number of halogens is 1. The van der Waals surface area contributed by atoms with Gasteiger partial charge in [-0.2, -0.15) is 0 Å². The fourth-order valence-corrected chi connectivity index (χ4v) is 3.51. The van der Waals surface area contributed by atoms with Gasteiger partial charge in [-0.05, 0) is 56.2 Å². The molecule has 0 aliphatic heterocycles. The molecule has 170 valence electrons. The third kappa shape index (κ3) is 5.62. The van der Waals surface area contributed by atoms with Crippen LogP contribution < -0.4 is 4.74 Å². The largest absolute Gasteiger partial charge is 0.494 e. The minimum atomic E-state index is -0.366. The van der Waals surface area contributed by atoms with E-state index in [9.17, 15) is 4.79 Å². The smallest absolute Gasteiger partial charge is 0.337 e. The molecule has 0 saturated heterocycles. The lowest BCUT2D eigenvalue weighted by Crippen LogP contribution is -2.02. The fourth-order valence-electron chi connectivity index (χ4n) is 3.38. The van der Waals surface area contributed by atoms with Gasteiger partial charge in [0.1, 0.15) is 28.7 Å². The van der Waals surface area contributed by atoms with E-state index in [0.29, 0.717) is 35.3 Å². The van der Waals surface area contributed by atoms with Crippen LogP contribution in [0.5, 0.6) is 5.75 Å². The van der Waals surface area contributed by atoms with Gasteiger partial charge in [0.15, 0.2) is 0 Å². The standard InChI is InChI=1S/C25H24ClN3O4/c1-16-27-15-21(28-16)24-29-23(17-6-10-19(26)11-7-17)22(33-24)5-3-4-14-32-20-12-8-18(9-13-20)25(30)31-2/h6-13,15H,3-5,14H2,1-2H3,(H,27,28). The first-order valence-corrected chi connectivity index (χ1v) is 11.0. The number of oxazole rings is 1. The number of hydrogen-bond acceptors (Lipinski definition) is 6. The number of unbranched alkanes of at least 4 members (excludes halogenated alkanes) is 1. The highest BCUT2D eigenvalue weighted by Gasteiger charge is 2.17. The SMILES string of the molecule is COC(=O)c1ccc(OCCCCc2oc(-c3cnc(C)[nH]3)nc2-c2ccc(Cl)cc2)cc1. The predicted octanol–water partition coefficient (Wildman–Crippen LogP) is 5.88. The van der Waals surface area contributed by atoms with Crippen LogP contribution in [0, 0.1) is 6.92 Å². The Kier molecular flexibility index (Phi) is 7.10. The molecule has 0 aliphatic rings. The van der Waals surface area contributed by atoms with Crippen LogP contribution >= 0.6 is 11.6 Å². The summed E-state index contributed by atoms with van der Waals surface area (Å²) in [5.74, 6) is 2.46. The van der Waals surface area contributed by atoms with E-state index in [1.54, 1.807) is 30.5 Å². The van der Waals surface area contributed by atoms with E-state index in [1.165, 1.54) is 7.11 Å². The Morgan fingerprint density at radius 2 is 1.85 bits per heavy atom. The highest BCUT2D eigenvalue weighted by Crippen LogP contribution is 2.30. The summed E-state index contributed by atoms with van der Waals surface area (Å²) >= 11 is 6.05. The molecule has 2 heterocycles. The first kappa shape index (κ1) is 22.6. The van der Waals surface area contributed by atoms with E-state index in [0.717, 1.165) is 41.4 Å². The Morgan fingerprint density at radius 3 is 2.52 bits per heavy atom. The Balaban J connectivity index is 1.39. The van der Waals surface area contributed by atoms with Crippen LogP contribution in [0.2, 0.25) is 5.02 Å². The Labute approximate surface area is 196 Å². The highest BCUT2D eigenvalue weighted by atomic mass is 35.5. The third-order valence-corrected chi connectivity index (χ3v) is 5.34. The summed E-state index contributed by atoms with van der Waals surface area (Å²) in [6.07, 6.45) is 4.12. The third-order valence-electron chi connectivity index (χ3n) is 5.09. The number of rotatable bonds is 9. The molecule has 0 aliphatic carbocycles. The number of nitrogens with one attached hydrogen (secondary N) is 1. The molecule has 0 atom stereocenters. The van der Waals surface area contributed by atoms with Gasteiger partial charge in [-0.15, -0.1) is 0 Å². The van der Waals surface area contributed by atoms with E-state index in [2.05, 4.69) is 9.97 Å². The zero-order valence-electron chi connectivity index (χ0n) is 18.4. The molecule has 0 radical (unpaired) electrons. The number of hydrogen-bond donors (Lipinski definition) is 1. The number of aromatic amines is 1. The average molecular weight is 466 g/mol. The van der Waals surface area contributed by atoms with Gasteiger partial charge in [-0.1, -0.05) is 23.7 Å². The fraction of sp³-hybridized carbons (Fsp3) is 0.240. The molecule has 33 heavy (non-hydrogen) atoms. The van der Waals surface area contributed by atoms with E-state index >= 15 is 0 Å². The predicted molar refractivity (Wildman–Crippen MR) is 125 cm³/mol. The van der Waals surface area contributed by atoms with Crippen molar-refractivity contribution in [2.75, 3.05) is 13.7 Å². The number of carbonyl (C=O) groups excluding carboxylic acids is 1. The molecule has 4 rings (SSSR count). The van der Waals surface area contributed by atoms with Crippen LogP contribution in [0.1, 0.15) is 34.8 Å². The summed E-state index contributed by atoms with van der Waals surface area (Å²) in [6, 6.07) is 14.5. The van der Waals surface area contributed by atoms with E-state index in [1.807, 2.05) is 31.2 Å². The first-order chi connectivity index (χ1) is 16.0. The number of H-pyrrole nitrogens is 1. The van der Waals surface area contributed by atoms with Gasteiger partial charge >= 0.3 is 5.97 Å². The van der Waals surface area contributed by atoms with Crippen LogP contribution in [0.15, 0.2) is 59.1 Å². The van der Waals surface area contributed by atoms with Gasteiger partial charge in [0.2, 0.25) is 5.89 Å². The maximum absolute atomic E-state index is 11.5. The van der Waals surface area contributed by atoms with E-state index < -0.39 is 0 Å². The average Bonchev–Trinajstić information content (AvgIpc) is 3.45. The van der Waals surface area contributed by atoms with Crippen molar-refractivity contribution in [1.82, 2.24) is 15.0 Å². The van der Waals surface area contributed by atoms with Crippen molar-refractivity contribution in [3.8, 4) is 28.6 Å². The van der Waals surface area contributed by atoms with Gasteiger partial charge < -0.3 is 18.9 Å². The van der Waals surface area contributed by atoms with Gasteiger partial charge in [0.25, 0.3) is 0 Å². The van der Waals surface area contributed by atoms with Crippen LogP contribution in [0.3, 0.4) is 0 Å². The first-order valence-electron chi connectivity index (χ1n) is 10.6. The Bertz CT molecular complexity index is 1210. The van der Waals surface area contributed by atoms with Crippen molar-refractivity contribution < 1.29 is 18.7 Å². The number of methoxy groups -OCH3 is 1. The number of nitrogens with zero attached hydrogens (tertiary/aromatic N) is 2. The lowest BCUT2D eigenvalue weighted by atomic mass is 10.1. The maximum Gasteiger partial charge on any atom is 0.337 e. The van der Waals surface area contributed by atoms with E-state index in [-0.39, 0.29) is 5.97 Å². The zero-order chi connectivity index (χ0) is 23.2. The van der Waals surface area contributed by atoms with Gasteiger partial charge in [0, 0.05) is 17.0 Å². The second-order valence-electron chi connectivity index (χ2n) is 7.50. The van der Waals surface area contributed by atoms with Gasteiger partial charge in [0.05, 0.1) is 25.5 Å². The molecule has 8 heteroatoms. The summed E-state index contributed by atoms with van der Waals surface area (Å²) in [7, 11) is 1.36. The highest BCUT2D eigenvalue weighted by molar-refractivity contribution is 6.30. The number of carbonyl (C=O) groups is 1. The minimum Gasteiger partial charge on any atom is -0.494 e. The van der Waals surface area contributed by atoms with Crippen molar-refractivity contribution in [3.63, 3.8) is 0 Å². The van der Waals surface area contributed by atoms with Crippen LogP contribution in [0.4, 0.5) is 0 Å². The summed E-state index contributed by atoms with van der Waals surface area (Å²) in [5.41, 5.74) is 2.98. The molecule has 2 aromatic heterocycles. The van der Waals surface area contributed by atoms with Crippen molar-refractivity contribution in [2.45, 2.75) is 26.2 Å². The molecular formula is C25H24ClN3O4. The molecule has 0 spiro atoms. The van der Waals surface area contributed by atoms with Crippen molar-refractivity contribution >= 4 is 17.6 Å². The lowest BCUT2D eigenvalue weighted by molar-refractivity contribution is 0.0600. The molecule has 0 saturated carbocycles.